The number of hydrogen-bond acceptors (Lipinski definition) is 6. The fourth-order valence-electron chi connectivity index (χ4n) is 3.17. The first kappa shape index (κ1) is 24.9. The summed E-state index contributed by atoms with van der Waals surface area (Å²) in [6.45, 7) is 4.10. The third-order valence-electron chi connectivity index (χ3n) is 5.01. The Hall–Kier alpha value is -3.72. The summed E-state index contributed by atoms with van der Waals surface area (Å²) in [5.74, 6) is 1.18. The monoisotopic (exact) mass is 484 g/mol. The van der Waals surface area contributed by atoms with Crippen molar-refractivity contribution in [2.45, 2.75) is 25.2 Å². The molecule has 9 heteroatoms. The van der Waals surface area contributed by atoms with E-state index in [-0.39, 0.29) is 29.6 Å². The smallest absolute Gasteiger partial charge is 0.265 e. The van der Waals surface area contributed by atoms with Gasteiger partial charge in [-0.05, 0) is 73.5 Å². The first-order valence-corrected chi connectivity index (χ1v) is 12.0. The van der Waals surface area contributed by atoms with Crippen LogP contribution in [0.3, 0.4) is 0 Å². The summed E-state index contributed by atoms with van der Waals surface area (Å²) in [5.41, 5.74) is 2.74. The first-order chi connectivity index (χ1) is 16.2. The molecule has 0 aliphatic carbocycles. The Kier molecular flexibility index (Phi) is 8.01. The fraction of sp³-hybridized carbons (Fsp3) is 0.240. The van der Waals surface area contributed by atoms with Gasteiger partial charge >= 0.3 is 0 Å². The highest BCUT2D eigenvalue weighted by Gasteiger charge is 2.21. The molecule has 0 aliphatic rings. The molecule has 180 valence electrons. The second-order valence-corrected chi connectivity index (χ2v) is 9.27. The topological polar surface area (TPSA) is 103 Å². The lowest BCUT2D eigenvalue weighted by atomic mass is 10.1. The fourth-order valence-corrected chi connectivity index (χ4v) is 4.43. The van der Waals surface area contributed by atoms with Crippen LogP contribution in [0.4, 0.5) is 11.4 Å². The van der Waals surface area contributed by atoms with Crippen LogP contribution < -0.4 is 24.2 Å². The second kappa shape index (κ2) is 10.9. The summed E-state index contributed by atoms with van der Waals surface area (Å²) in [6.07, 6.45) is 0.103. The summed E-state index contributed by atoms with van der Waals surface area (Å²) >= 11 is 0. The molecular formula is C25H28N2O6S. The van der Waals surface area contributed by atoms with Gasteiger partial charge in [-0.15, -0.1) is 0 Å². The van der Waals surface area contributed by atoms with Gasteiger partial charge in [0.15, 0.2) is 0 Å². The predicted octanol–water partition coefficient (Wildman–Crippen LogP) is 4.53. The summed E-state index contributed by atoms with van der Waals surface area (Å²) in [6, 6.07) is 16.8. The van der Waals surface area contributed by atoms with Crippen LogP contribution in [-0.4, -0.2) is 35.2 Å². The van der Waals surface area contributed by atoms with Gasteiger partial charge in [-0.1, -0.05) is 12.1 Å². The van der Waals surface area contributed by atoms with Crippen molar-refractivity contribution in [3.05, 3.63) is 71.8 Å². The number of ether oxygens (including phenoxy) is 3. The van der Waals surface area contributed by atoms with Crippen LogP contribution in [0.5, 0.6) is 17.2 Å². The van der Waals surface area contributed by atoms with Crippen molar-refractivity contribution in [1.82, 2.24) is 0 Å². The normalized spacial score (nSPS) is 10.9. The SMILES string of the molecule is COc1ccc(NS(=O)(=O)c2cc(NC(=O)CCOc3cc(C)ccc3C)ccc2OC)cc1. The number of hydrogen-bond donors (Lipinski definition) is 2. The van der Waals surface area contributed by atoms with Crippen LogP contribution in [0.2, 0.25) is 0 Å². The molecule has 0 spiro atoms. The van der Waals surface area contributed by atoms with E-state index in [0.29, 0.717) is 17.1 Å². The number of carbonyl (C=O) groups excluding carboxylic acids is 1. The number of amides is 1. The Labute approximate surface area is 199 Å². The molecule has 1 amide bonds. The van der Waals surface area contributed by atoms with E-state index in [4.69, 9.17) is 14.2 Å². The molecule has 0 saturated carbocycles. The highest BCUT2D eigenvalue weighted by molar-refractivity contribution is 7.92. The lowest BCUT2D eigenvalue weighted by Crippen LogP contribution is -2.17. The minimum atomic E-state index is -3.99. The second-order valence-electron chi connectivity index (χ2n) is 7.62. The minimum Gasteiger partial charge on any atom is -0.497 e. The lowest BCUT2D eigenvalue weighted by Gasteiger charge is -2.14. The molecule has 0 bridgehead atoms. The predicted molar refractivity (Wildman–Crippen MR) is 131 cm³/mol. The van der Waals surface area contributed by atoms with Gasteiger partial charge < -0.3 is 19.5 Å². The molecule has 2 N–H and O–H groups in total. The molecule has 0 unspecified atom stereocenters. The van der Waals surface area contributed by atoms with Crippen LogP contribution in [0.25, 0.3) is 0 Å². The number of aryl methyl sites for hydroxylation is 2. The van der Waals surface area contributed by atoms with Crippen molar-refractivity contribution in [3.8, 4) is 17.2 Å². The quantitative estimate of drug-likeness (QED) is 0.438. The number of anilines is 2. The molecule has 8 nitrogen and oxygen atoms in total. The van der Waals surface area contributed by atoms with E-state index in [1.165, 1.54) is 26.4 Å². The van der Waals surface area contributed by atoms with Gasteiger partial charge in [0.1, 0.15) is 22.1 Å². The number of sulfonamides is 1. The van der Waals surface area contributed by atoms with Gasteiger partial charge in [0, 0.05) is 11.4 Å². The third-order valence-corrected chi connectivity index (χ3v) is 6.41. The van der Waals surface area contributed by atoms with Gasteiger partial charge in [-0.2, -0.15) is 0 Å². The average molecular weight is 485 g/mol. The number of carbonyl (C=O) groups is 1. The van der Waals surface area contributed by atoms with E-state index in [0.717, 1.165) is 16.9 Å². The molecule has 3 aromatic carbocycles. The van der Waals surface area contributed by atoms with Crippen LogP contribution in [0.15, 0.2) is 65.6 Å². The van der Waals surface area contributed by atoms with Crippen molar-refractivity contribution in [2.75, 3.05) is 30.9 Å². The number of nitrogens with one attached hydrogen (secondary N) is 2. The maximum absolute atomic E-state index is 13.0. The first-order valence-electron chi connectivity index (χ1n) is 10.6. The van der Waals surface area contributed by atoms with Crippen molar-refractivity contribution in [2.24, 2.45) is 0 Å². The zero-order chi connectivity index (χ0) is 24.7. The van der Waals surface area contributed by atoms with Crippen LogP contribution in [-0.2, 0) is 14.8 Å². The Morgan fingerprint density at radius 2 is 1.56 bits per heavy atom. The molecule has 0 aromatic heterocycles. The maximum atomic E-state index is 13.0. The largest absolute Gasteiger partial charge is 0.497 e. The van der Waals surface area contributed by atoms with Crippen molar-refractivity contribution in [3.63, 3.8) is 0 Å². The Morgan fingerprint density at radius 1 is 0.853 bits per heavy atom. The van der Waals surface area contributed by atoms with E-state index in [1.54, 1.807) is 30.3 Å². The summed E-state index contributed by atoms with van der Waals surface area (Å²) in [5, 5.41) is 2.71. The molecule has 0 saturated heterocycles. The Morgan fingerprint density at radius 3 is 2.24 bits per heavy atom. The Balaban J connectivity index is 1.68. The standard InChI is InChI=1S/C25H28N2O6S/c1-17-5-6-18(2)23(15-17)33-14-13-25(28)26-20-9-12-22(32-4)24(16-20)34(29,30)27-19-7-10-21(31-3)11-8-19/h5-12,15-16,27H,13-14H2,1-4H3,(H,26,28). The van der Waals surface area contributed by atoms with Gasteiger partial charge in [0.05, 0.1) is 27.2 Å². The number of rotatable bonds is 10. The molecule has 34 heavy (non-hydrogen) atoms. The summed E-state index contributed by atoms with van der Waals surface area (Å²) in [4.78, 5) is 12.3. The van der Waals surface area contributed by atoms with E-state index < -0.39 is 10.0 Å². The maximum Gasteiger partial charge on any atom is 0.265 e. The molecule has 3 aromatic rings. The summed E-state index contributed by atoms with van der Waals surface area (Å²) in [7, 11) is -1.08. The molecule has 0 atom stereocenters. The number of methoxy groups -OCH3 is 2. The molecule has 0 fully saturated rings. The highest BCUT2D eigenvalue weighted by atomic mass is 32.2. The lowest BCUT2D eigenvalue weighted by molar-refractivity contribution is -0.116. The zero-order valence-corrected chi connectivity index (χ0v) is 20.4. The molecule has 0 heterocycles. The molecule has 0 aliphatic heterocycles. The van der Waals surface area contributed by atoms with E-state index in [2.05, 4.69) is 10.0 Å². The zero-order valence-electron chi connectivity index (χ0n) is 19.5. The number of benzene rings is 3. The van der Waals surface area contributed by atoms with Crippen molar-refractivity contribution in [1.29, 1.82) is 0 Å². The van der Waals surface area contributed by atoms with Gasteiger partial charge in [-0.3, -0.25) is 9.52 Å². The van der Waals surface area contributed by atoms with Crippen LogP contribution >= 0.6 is 0 Å². The van der Waals surface area contributed by atoms with E-state index in [9.17, 15) is 13.2 Å². The van der Waals surface area contributed by atoms with E-state index >= 15 is 0 Å². The highest BCUT2D eigenvalue weighted by Crippen LogP contribution is 2.29. The van der Waals surface area contributed by atoms with Gasteiger partial charge in [0.25, 0.3) is 10.0 Å². The minimum absolute atomic E-state index is 0.102. The molecule has 0 radical (unpaired) electrons. The Bertz CT molecular complexity index is 1260. The van der Waals surface area contributed by atoms with Gasteiger partial charge in [-0.25, -0.2) is 8.42 Å². The third kappa shape index (κ3) is 6.41. The summed E-state index contributed by atoms with van der Waals surface area (Å²) < 4.78 is 44.6. The van der Waals surface area contributed by atoms with Crippen molar-refractivity contribution >= 4 is 27.3 Å². The average Bonchev–Trinajstić information content (AvgIpc) is 2.81. The van der Waals surface area contributed by atoms with Crippen LogP contribution in [0.1, 0.15) is 17.5 Å². The van der Waals surface area contributed by atoms with Gasteiger partial charge in [0.2, 0.25) is 5.91 Å². The van der Waals surface area contributed by atoms with Crippen LogP contribution in [0, 0.1) is 13.8 Å². The van der Waals surface area contributed by atoms with Crippen molar-refractivity contribution < 1.29 is 27.4 Å². The molecular weight excluding hydrogens is 456 g/mol. The van der Waals surface area contributed by atoms with E-state index in [1.807, 2.05) is 32.0 Å². The molecule has 3 rings (SSSR count).